The van der Waals surface area contributed by atoms with Crippen LogP contribution in [0.25, 0.3) is 0 Å². The molecule has 0 aliphatic heterocycles. The van der Waals surface area contributed by atoms with E-state index >= 15 is 0 Å². The molecule has 86 valence electrons. The highest BCUT2D eigenvalue weighted by atomic mass is 16.1. The van der Waals surface area contributed by atoms with Crippen LogP contribution in [0.4, 0.5) is 0 Å². The van der Waals surface area contributed by atoms with Crippen molar-refractivity contribution in [3.8, 4) is 0 Å². The fraction of sp³-hybridized carbons (Fsp3) is 0.333. The number of carbonyl (C=O) groups is 1. The zero-order valence-electron chi connectivity index (χ0n) is 9.25. The van der Waals surface area contributed by atoms with E-state index in [1.165, 1.54) is 6.34 Å². The number of nitrogens with two attached hydrogens (primary N) is 1. The van der Waals surface area contributed by atoms with Gasteiger partial charge in [-0.15, -0.1) is 0 Å². The molecule has 16 heavy (non-hydrogen) atoms. The molecule has 0 aromatic heterocycles. The highest BCUT2D eigenvalue weighted by Crippen LogP contribution is 2.03. The minimum absolute atomic E-state index is 0.649. The quantitative estimate of drug-likeness (QED) is 0.322. The summed E-state index contributed by atoms with van der Waals surface area (Å²) in [4.78, 5) is 16.5. The monoisotopic (exact) mass is 219 g/mol. The first-order chi connectivity index (χ1) is 7.86. The maximum absolute atomic E-state index is 10.8. The van der Waals surface area contributed by atoms with Crippen molar-refractivity contribution < 1.29 is 4.79 Å². The van der Waals surface area contributed by atoms with Gasteiger partial charge in [0.15, 0.2) is 0 Å². The highest BCUT2D eigenvalue weighted by molar-refractivity contribution is 5.51. The van der Waals surface area contributed by atoms with Gasteiger partial charge in [-0.05, 0) is 12.0 Å². The Morgan fingerprint density at radius 3 is 2.69 bits per heavy atom. The Balaban J connectivity index is 2.34. The molecule has 0 atom stereocenters. The van der Waals surface area contributed by atoms with E-state index in [2.05, 4.69) is 4.99 Å². The largest absolute Gasteiger partial charge is 0.390 e. The molecule has 0 saturated heterocycles. The van der Waals surface area contributed by atoms with Crippen LogP contribution in [0.1, 0.15) is 12.0 Å². The lowest BCUT2D eigenvalue weighted by Crippen LogP contribution is -2.23. The molecule has 1 aromatic rings. The minimum atomic E-state index is 0.649. The lowest BCUT2D eigenvalue weighted by Gasteiger charge is -2.16. The molecular formula is C12H17N3O. The summed E-state index contributed by atoms with van der Waals surface area (Å²) in [5, 5.41) is 0. The lowest BCUT2D eigenvalue weighted by atomic mass is 10.2. The summed E-state index contributed by atoms with van der Waals surface area (Å²) in [7, 11) is 0. The van der Waals surface area contributed by atoms with Gasteiger partial charge in [0, 0.05) is 19.6 Å². The van der Waals surface area contributed by atoms with E-state index in [-0.39, 0.29) is 0 Å². The molecule has 0 radical (unpaired) electrons. The van der Waals surface area contributed by atoms with E-state index in [0.29, 0.717) is 19.6 Å². The van der Waals surface area contributed by atoms with Gasteiger partial charge in [-0.1, -0.05) is 30.3 Å². The van der Waals surface area contributed by atoms with Crippen LogP contribution >= 0.6 is 0 Å². The molecule has 0 fully saturated rings. The first kappa shape index (κ1) is 12.2. The predicted molar refractivity (Wildman–Crippen MR) is 65.1 cm³/mol. The van der Waals surface area contributed by atoms with E-state index in [9.17, 15) is 4.79 Å². The number of amides is 1. The van der Waals surface area contributed by atoms with Crippen molar-refractivity contribution >= 4 is 12.7 Å². The maximum Gasteiger partial charge on any atom is 0.210 e. The van der Waals surface area contributed by atoms with Gasteiger partial charge in [0.05, 0.1) is 6.34 Å². The minimum Gasteiger partial charge on any atom is -0.390 e. The van der Waals surface area contributed by atoms with Crippen molar-refractivity contribution in [2.24, 2.45) is 10.7 Å². The van der Waals surface area contributed by atoms with Crippen molar-refractivity contribution in [2.75, 3.05) is 13.1 Å². The van der Waals surface area contributed by atoms with Crippen LogP contribution in [-0.4, -0.2) is 30.7 Å². The molecular weight excluding hydrogens is 202 g/mol. The Bertz CT molecular complexity index is 324. The third-order valence-corrected chi connectivity index (χ3v) is 2.22. The first-order valence-corrected chi connectivity index (χ1v) is 5.30. The Kier molecular flexibility index (Phi) is 5.70. The van der Waals surface area contributed by atoms with Gasteiger partial charge in [-0.3, -0.25) is 9.79 Å². The second kappa shape index (κ2) is 7.45. The van der Waals surface area contributed by atoms with Gasteiger partial charge in [-0.2, -0.15) is 0 Å². The first-order valence-electron chi connectivity index (χ1n) is 5.30. The Labute approximate surface area is 95.8 Å². The average Bonchev–Trinajstić information content (AvgIpc) is 2.34. The summed E-state index contributed by atoms with van der Waals surface area (Å²) in [6.07, 6.45) is 3.00. The van der Waals surface area contributed by atoms with Crippen molar-refractivity contribution in [3.63, 3.8) is 0 Å². The smallest absolute Gasteiger partial charge is 0.210 e. The molecule has 0 bridgehead atoms. The van der Waals surface area contributed by atoms with Crippen LogP contribution in [0.3, 0.4) is 0 Å². The van der Waals surface area contributed by atoms with Crippen LogP contribution in [0.2, 0.25) is 0 Å². The van der Waals surface area contributed by atoms with Crippen LogP contribution in [0, 0.1) is 0 Å². The van der Waals surface area contributed by atoms with Gasteiger partial charge in [-0.25, -0.2) is 0 Å². The molecule has 0 spiro atoms. The molecule has 2 N–H and O–H groups in total. The topological polar surface area (TPSA) is 58.7 Å². The molecule has 1 rings (SSSR count). The summed E-state index contributed by atoms with van der Waals surface area (Å²) in [6, 6.07) is 9.92. The molecule has 1 aromatic carbocycles. The number of hydrogen-bond acceptors (Lipinski definition) is 2. The molecule has 0 unspecified atom stereocenters. The average molecular weight is 219 g/mol. The van der Waals surface area contributed by atoms with Gasteiger partial charge < -0.3 is 10.6 Å². The Hall–Kier alpha value is -1.84. The summed E-state index contributed by atoms with van der Waals surface area (Å²) >= 11 is 0. The molecule has 0 heterocycles. The van der Waals surface area contributed by atoms with E-state index in [1.54, 1.807) is 4.90 Å². The Morgan fingerprint density at radius 1 is 1.31 bits per heavy atom. The molecule has 0 aliphatic rings. The van der Waals surface area contributed by atoms with E-state index in [4.69, 9.17) is 5.73 Å². The van der Waals surface area contributed by atoms with Crippen molar-refractivity contribution in [1.29, 1.82) is 0 Å². The lowest BCUT2D eigenvalue weighted by molar-refractivity contribution is -0.118. The molecule has 0 saturated carbocycles. The van der Waals surface area contributed by atoms with Crippen molar-refractivity contribution in [3.05, 3.63) is 35.9 Å². The molecule has 0 aliphatic carbocycles. The van der Waals surface area contributed by atoms with Crippen LogP contribution < -0.4 is 5.73 Å². The molecule has 4 heteroatoms. The SMILES string of the molecule is NC=NCCCN(C=O)Cc1ccccc1. The second-order valence-electron chi connectivity index (χ2n) is 3.47. The van der Waals surface area contributed by atoms with Gasteiger partial charge in [0.2, 0.25) is 6.41 Å². The van der Waals surface area contributed by atoms with Crippen molar-refractivity contribution in [1.82, 2.24) is 4.90 Å². The number of rotatable bonds is 7. The summed E-state index contributed by atoms with van der Waals surface area (Å²) in [6.45, 7) is 2.02. The number of carbonyl (C=O) groups excluding carboxylic acids is 1. The zero-order chi connectivity index (χ0) is 11.6. The molecule has 1 amide bonds. The van der Waals surface area contributed by atoms with E-state index in [1.807, 2.05) is 30.3 Å². The fourth-order valence-electron chi connectivity index (χ4n) is 1.43. The third-order valence-electron chi connectivity index (χ3n) is 2.22. The number of aliphatic imine (C=N–C) groups is 1. The second-order valence-corrected chi connectivity index (χ2v) is 3.47. The zero-order valence-corrected chi connectivity index (χ0v) is 9.25. The van der Waals surface area contributed by atoms with Crippen LogP contribution in [0.5, 0.6) is 0 Å². The fourth-order valence-corrected chi connectivity index (χ4v) is 1.43. The summed E-state index contributed by atoms with van der Waals surface area (Å²) in [5.74, 6) is 0. The van der Waals surface area contributed by atoms with E-state index in [0.717, 1.165) is 18.4 Å². The normalized spacial score (nSPS) is 10.5. The van der Waals surface area contributed by atoms with Gasteiger partial charge in [0.1, 0.15) is 0 Å². The third kappa shape index (κ3) is 4.59. The van der Waals surface area contributed by atoms with Gasteiger partial charge in [0.25, 0.3) is 0 Å². The van der Waals surface area contributed by atoms with Crippen molar-refractivity contribution in [2.45, 2.75) is 13.0 Å². The van der Waals surface area contributed by atoms with E-state index < -0.39 is 0 Å². The maximum atomic E-state index is 10.8. The standard InChI is InChI=1S/C12H17N3O/c13-10-14-7-4-8-15(11-16)9-12-5-2-1-3-6-12/h1-3,5-6,10-11H,4,7-9H2,(H2,13,14). The molecule has 4 nitrogen and oxygen atoms in total. The Morgan fingerprint density at radius 2 is 2.06 bits per heavy atom. The van der Waals surface area contributed by atoms with Crippen LogP contribution in [-0.2, 0) is 11.3 Å². The predicted octanol–water partition coefficient (Wildman–Crippen LogP) is 1.02. The van der Waals surface area contributed by atoms with Gasteiger partial charge >= 0.3 is 0 Å². The highest BCUT2D eigenvalue weighted by Gasteiger charge is 2.01. The summed E-state index contributed by atoms with van der Waals surface area (Å²) < 4.78 is 0. The number of hydrogen-bond donors (Lipinski definition) is 1. The number of nitrogens with zero attached hydrogens (tertiary/aromatic N) is 2. The number of benzene rings is 1. The summed E-state index contributed by atoms with van der Waals surface area (Å²) in [5.41, 5.74) is 6.26. The van der Waals surface area contributed by atoms with Crippen LogP contribution in [0.15, 0.2) is 35.3 Å².